The first kappa shape index (κ1) is 20.2. The number of hydrogen-bond donors (Lipinski definition) is 1. The minimum Gasteiger partial charge on any atom is -0.456 e. The molecule has 9 heteroatoms. The molecule has 0 bridgehead atoms. The lowest BCUT2D eigenvalue weighted by atomic mass is 9.99. The molecule has 1 aromatic carbocycles. The molecule has 0 aliphatic carbocycles. The Morgan fingerprint density at radius 2 is 1.88 bits per heavy atom. The third-order valence-electron chi connectivity index (χ3n) is 3.63. The first-order valence-electron chi connectivity index (χ1n) is 7.91. The molecule has 0 saturated carbocycles. The van der Waals surface area contributed by atoms with E-state index in [0.717, 1.165) is 12.1 Å². The number of benzene rings is 1. The lowest BCUT2D eigenvalue weighted by Gasteiger charge is -2.29. The number of nitrogens with one attached hydrogen (secondary N) is 1. The number of alkyl halides is 3. The summed E-state index contributed by atoms with van der Waals surface area (Å²) in [5.74, 6) is -3.09. The summed E-state index contributed by atoms with van der Waals surface area (Å²) < 4.78 is 59.4. The van der Waals surface area contributed by atoms with Crippen LogP contribution in [0.3, 0.4) is 0 Å². The maximum Gasteiger partial charge on any atom is 0.441 e. The number of halogens is 4. The minimum atomic E-state index is -4.76. The van der Waals surface area contributed by atoms with Gasteiger partial charge in [0, 0.05) is 11.5 Å². The van der Waals surface area contributed by atoms with E-state index in [4.69, 9.17) is 9.57 Å². The van der Waals surface area contributed by atoms with Crippen LogP contribution in [0.4, 0.5) is 17.6 Å². The number of hydroxylamine groups is 1. The monoisotopic (exact) mass is 376 g/mol. The van der Waals surface area contributed by atoms with Gasteiger partial charge in [-0.05, 0) is 32.9 Å². The van der Waals surface area contributed by atoms with Crippen molar-refractivity contribution in [3.63, 3.8) is 0 Å². The number of carbonyl (C=O) groups is 1. The van der Waals surface area contributed by atoms with Crippen molar-refractivity contribution < 1.29 is 31.9 Å². The van der Waals surface area contributed by atoms with Gasteiger partial charge in [-0.1, -0.05) is 19.9 Å². The molecule has 1 aliphatic heterocycles. The van der Waals surface area contributed by atoms with Gasteiger partial charge in [0.2, 0.25) is 0 Å². The van der Waals surface area contributed by atoms with E-state index in [-0.39, 0.29) is 17.0 Å². The Morgan fingerprint density at radius 3 is 2.31 bits per heavy atom. The van der Waals surface area contributed by atoms with Crippen LogP contribution in [0.1, 0.15) is 50.5 Å². The highest BCUT2D eigenvalue weighted by molar-refractivity contribution is 6.00. The number of carbonyl (C=O) groups excluding carboxylic acids is 1. The number of ether oxygens (including phenoxy) is 1. The van der Waals surface area contributed by atoms with Gasteiger partial charge in [0.05, 0.1) is 5.56 Å². The van der Waals surface area contributed by atoms with Crippen molar-refractivity contribution in [1.82, 2.24) is 5.48 Å². The number of nitrogens with zero attached hydrogens (tertiary/aromatic N) is 1. The number of aliphatic imine (C=N–C) groups is 1. The fraction of sp³-hybridized carbons (Fsp3) is 0.529. The molecule has 2 rings (SSSR count). The number of esters is 1. The summed E-state index contributed by atoms with van der Waals surface area (Å²) in [7, 11) is 0. The van der Waals surface area contributed by atoms with Crippen molar-refractivity contribution in [1.29, 1.82) is 0 Å². The molecular weight excluding hydrogens is 356 g/mol. The first-order valence-corrected chi connectivity index (χ1v) is 7.91. The molecule has 1 aliphatic rings. The predicted molar refractivity (Wildman–Crippen MR) is 86.0 cm³/mol. The molecule has 1 aromatic rings. The molecule has 0 fully saturated rings. The first-order chi connectivity index (χ1) is 11.8. The third-order valence-corrected chi connectivity index (χ3v) is 3.63. The van der Waals surface area contributed by atoms with E-state index < -0.39 is 35.2 Å². The lowest BCUT2D eigenvalue weighted by molar-refractivity contribution is -0.293. The Hall–Kier alpha value is -2.16. The highest BCUT2D eigenvalue weighted by atomic mass is 19.4. The Kier molecular flexibility index (Phi) is 5.06. The van der Waals surface area contributed by atoms with Gasteiger partial charge in [0.25, 0.3) is 5.72 Å². The normalized spacial score (nSPS) is 20.8. The van der Waals surface area contributed by atoms with Gasteiger partial charge in [-0.25, -0.2) is 24.5 Å². The Balaban J connectivity index is 2.35. The summed E-state index contributed by atoms with van der Waals surface area (Å²) in [5.41, 5.74) is -1.77. The minimum absolute atomic E-state index is 0.0154. The molecule has 1 N–H and O–H groups in total. The lowest BCUT2D eigenvalue weighted by Crippen LogP contribution is -2.49. The van der Waals surface area contributed by atoms with Crippen LogP contribution in [-0.2, 0) is 9.57 Å². The van der Waals surface area contributed by atoms with Gasteiger partial charge >= 0.3 is 12.1 Å². The summed E-state index contributed by atoms with van der Waals surface area (Å²) in [6.45, 7) is 7.53. The summed E-state index contributed by atoms with van der Waals surface area (Å²) in [6, 6.07) is 3.30. The average molecular weight is 376 g/mol. The summed E-state index contributed by atoms with van der Waals surface area (Å²) in [5, 5.41) is 0. The van der Waals surface area contributed by atoms with Gasteiger partial charge in [-0.2, -0.15) is 13.2 Å². The van der Waals surface area contributed by atoms with Gasteiger partial charge in [-0.15, -0.1) is 0 Å². The van der Waals surface area contributed by atoms with E-state index >= 15 is 0 Å². The second kappa shape index (κ2) is 6.53. The van der Waals surface area contributed by atoms with Crippen LogP contribution in [0.25, 0.3) is 0 Å². The molecule has 0 radical (unpaired) electrons. The van der Waals surface area contributed by atoms with Crippen LogP contribution >= 0.6 is 0 Å². The quantitative estimate of drug-likeness (QED) is 0.640. The van der Waals surface area contributed by atoms with Crippen LogP contribution in [0.2, 0.25) is 0 Å². The van der Waals surface area contributed by atoms with Gasteiger partial charge in [-0.3, -0.25) is 0 Å². The van der Waals surface area contributed by atoms with Crippen molar-refractivity contribution in [3.8, 4) is 0 Å². The van der Waals surface area contributed by atoms with Crippen LogP contribution in [-0.4, -0.2) is 29.3 Å². The molecular formula is C17H20F4N2O3. The molecule has 0 spiro atoms. The Morgan fingerprint density at radius 1 is 1.27 bits per heavy atom. The molecule has 1 atom stereocenters. The predicted octanol–water partition coefficient (Wildman–Crippen LogP) is 3.98. The van der Waals surface area contributed by atoms with Crippen molar-refractivity contribution in [2.24, 2.45) is 10.9 Å². The van der Waals surface area contributed by atoms with Crippen molar-refractivity contribution in [3.05, 3.63) is 35.1 Å². The molecule has 26 heavy (non-hydrogen) atoms. The van der Waals surface area contributed by atoms with Crippen LogP contribution in [0, 0.1) is 11.7 Å². The highest BCUT2D eigenvalue weighted by Crippen LogP contribution is 2.42. The Labute approximate surface area is 148 Å². The van der Waals surface area contributed by atoms with Crippen molar-refractivity contribution in [2.45, 2.75) is 52.1 Å². The highest BCUT2D eigenvalue weighted by Gasteiger charge is 2.62. The Bertz CT molecular complexity index is 739. The number of rotatable bonds is 3. The summed E-state index contributed by atoms with van der Waals surface area (Å²) >= 11 is 0. The third kappa shape index (κ3) is 3.82. The molecule has 0 saturated heterocycles. The molecule has 1 unspecified atom stereocenters. The van der Waals surface area contributed by atoms with Crippen molar-refractivity contribution in [2.75, 3.05) is 0 Å². The second-order valence-electron chi connectivity index (χ2n) is 7.21. The number of hydrogen-bond acceptors (Lipinski definition) is 5. The molecule has 5 nitrogen and oxygen atoms in total. The molecule has 144 valence electrons. The summed E-state index contributed by atoms with van der Waals surface area (Å²) in [6.07, 6.45) is -4.76. The van der Waals surface area contributed by atoms with E-state index in [0.29, 0.717) is 0 Å². The standard InChI is InChI=1S/C17H20F4N2O3/c1-9(2)16(17(19,20)21)22-13(23-26-16)10-6-7-11(12(18)8-10)14(24)25-15(3,4)5/h6-9H,1-5H3,(H,22,23). The van der Waals surface area contributed by atoms with E-state index in [2.05, 4.69) is 10.5 Å². The fourth-order valence-electron chi connectivity index (χ4n) is 2.32. The van der Waals surface area contributed by atoms with E-state index in [1.165, 1.54) is 19.9 Å². The molecule has 0 aromatic heterocycles. The molecule has 0 amide bonds. The largest absolute Gasteiger partial charge is 0.456 e. The topological polar surface area (TPSA) is 59.9 Å². The maximum absolute atomic E-state index is 14.3. The SMILES string of the molecule is CC(C)C1(C(F)(F)F)N=C(c2ccc(C(=O)OC(C)(C)C)c(F)c2)NO1. The maximum atomic E-state index is 14.3. The number of amidine groups is 1. The molecule has 1 heterocycles. The van der Waals surface area contributed by atoms with E-state index in [1.807, 2.05) is 0 Å². The van der Waals surface area contributed by atoms with Crippen molar-refractivity contribution >= 4 is 11.8 Å². The van der Waals surface area contributed by atoms with Gasteiger partial charge < -0.3 is 4.74 Å². The van der Waals surface area contributed by atoms with Crippen LogP contribution in [0.5, 0.6) is 0 Å². The van der Waals surface area contributed by atoms with Crippen LogP contribution in [0.15, 0.2) is 23.2 Å². The second-order valence-corrected chi connectivity index (χ2v) is 7.21. The van der Waals surface area contributed by atoms with E-state index in [1.54, 1.807) is 20.8 Å². The fourth-order valence-corrected chi connectivity index (χ4v) is 2.32. The van der Waals surface area contributed by atoms with Gasteiger partial charge in [0.1, 0.15) is 11.4 Å². The van der Waals surface area contributed by atoms with E-state index in [9.17, 15) is 22.4 Å². The van der Waals surface area contributed by atoms with Crippen LogP contribution < -0.4 is 5.48 Å². The zero-order valence-corrected chi connectivity index (χ0v) is 15.0. The average Bonchev–Trinajstić information content (AvgIpc) is 2.91. The summed E-state index contributed by atoms with van der Waals surface area (Å²) in [4.78, 5) is 20.3. The van der Waals surface area contributed by atoms with Gasteiger partial charge in [0.15, 0.2) is 5.84 Å². The zero-order valence-electron chi connectivity index (χ0n) is 15.0. The zero-order chi connectivity index (χ0) is 19.9. The smallest absolute Gasteiger partial charge is 0.441 e.